The Kier molecular flexibility index (Phi) is 4.26. The summed E-state index contributed by atoms with van der Waals surface area (Å²) in [5.74, 6) is 0. The molecule has 2 atom stereocenters. The van der Waals surface area contributed by atoms with E-state index < -0.39 is 0 Å². The second-order valence-corrected chi connectivity index (χ2v) is 6.33. The van der Waals surface area contributed by atoms with E-state index in [-0.39, 0.29) is 0 Å². The molecule has 0 aromatic carbocycles. The van der Waals surface area contributed by atoms with Crippen LogP contribution in [0.2, 0.25) is 0 Å². The highest BCUT2D eigenvalue weighted by molar-refractivity contribution is 4.86. The molecule has 1 heterocycles. The first-order chi connectivity index (χ1) is 7.68. The summed E-state index contributed by atoms with van der Waals surface area (Å²) in [4.78, 5) is 0. The average Bonchev–Trinajstić information content (AvgIpc) is 2.25. The summed E-state index contributed by atoms with van der Waals surface area (Å²) in [5, 5.41) is 7.37. The highest BCUT2D eigenvalue weighted by atomic mass is 15.0. The molecule has 2 nitrogen and oxygen atoms in total. The van der Waals surface area contributed by atoms with Gasteiger partial charge in [-0.3, -0.25) is 0 Å². The Hall–Kier alpha value is -0.0800. The van der Waals surface area contributed by atoms with Crippen LogP contribution in [0, 0.1) is 5.41 Å². The van der Waals surface area contributed by atoms with Crippen LogP contribution in [0.5, 0.6) is 0 Å². The zero-order valence-corrected chi connectivity index (χ0v) is 11.0. The van der Waals surface area contributed by atoms with Crippen molar-refractivity contribution in [2.75, 3.05) is 13.1 Å². The van der Waals surface area contributed by atoms with Crippen LogP contribution in [-0.4, -0.2) is 25.2 Å². The van der Waals surface area contributed by atoms with E-state index >= 15 is 0 Å². The molecular weight excluding hydrogens is 196 g/mol. The SMILES string of the molecule is CC(CC1CCCCN1)NCC1(C)CCC1. The Labute approximate surface area is 101 Å². The van der Waals surface area contributed by atoms with Gasteiger partial charge in [-0.05, 0) is 51.0 Å². The Morgan fingerprint density at radius 3 is 2.69 bits per heavy atom. The van der Waals surface area contributed by atoms with Crippen LogP contribution >= 0.6 is 0 Å². The molecular formula is C14H28N2. The normalized spacial score (nSPS) is 30.8. The number of hydrogen-bond donors (Lipinski definition) is 2. The van der Waals surface area contributed by atoms with Gasteiger partial charge in [0.05, 0.1) is 0 Å². The predicted molar refractivity (Wildman–Crippen MR) is 69.7 cm³/mol. The molecule has 0 radical (unpaired) electrons. The molecule has 1 aliphatic heterocycles. The van der Waals surface area contributed by atoms with E-state index in [0.717, 1.165) is 6.04 Å². The maximum absolute atomic E-state index is 3.73. The van der Waals surface area contributed by atoms with Crippen LogP contribution in [0.15, 0.2) is 0 Å². The highest BCUT2D eigenvalue weighted by Gasteiger charge is 2.31. The minimum atomic E-state index is 0.619. The van der Waals surface area contributed by atoms with Crippen molar-refractivity contribution in [3.8, 4) is 0 Å². The summed E-state index contributed by atoms with van der Waals surface area (Å²) >= 11 is 0. The number of hydrogen-bond acceptors (Lipinski definition) is 2. The summed E-state index contributed by atoms with van der Waals surface area (Å²) in [6.45, 7) is 7.23. The third kappa shape index (κ3) is 3.46. The van der Waals surface area contributed by atoms with Crippen molar-refractivity contribution in [2.24, 2.45) is 5.41 Å². The monoisotopic (exact) mass is 224 g/mol. The molecule has 2 fully saturated rings. The zero-order valence-electron chi connectivity index (χ0n) is 11.0. The molecule has 1 saturated heterocycles. The van der Waals surface area contributed by atoms with Gasteiger partial charge in [0.25, 0.3) is 0 Å². The molecule has 1 aliphatic carbocycles. The van der Waals surface area contributed by atoms with Crippen LogP contribution in [-0.2, 0) is 0 Å². The fraction of sp³-hybridized carbons (Fsp3) is 1.00. The van der Waals surface area contributed by atoms with E-state index in [1.807, 2.05) is 0 Å². The van der Waals surface area contributed by atoms with Gasteiger partial charge in [0.15, 0.2) is 0 Å². The minimum absolute atomic E-state index is 0.619. The van der Waals surface area contributed by atoms with Crippen molar-refractivity contribution in [2.45, 2.75) is 70.9 Å². The van der Waals surface area contributed by atoms with Gasteiger partial charge in [-0.15, -0.1) is 0 Å². The second kappa shape index (κ2) is 5.50. The van der Waals surface area contributed by atoms with Gasteiger partial charge in [-0.1, -0.05) is 19.8 Å². The largest absolute Gasteiger partial charge is 0.314 e. The standard InChI is InChI=1S/C14H28N2/c1-12(10-13-6-3-4-9-15-13)16-11-14(2)7-5-8-14/h12-13,15-16H,3-11H2,1-2H3. The van der Waals surface area contributed by atoms with Gasteiger partial charge in [0.2, 0.25) is 0 Å². The first-order valence-electron chi connectivity index (χ1n) is 7.15. The zero-order chi connectivity index (χ0) is 11.4. The first-order valence-corrected chi connectivity index (χ1v) is 7.15. The Morgan fingerprint density at radius 1 is 1.31 bits per heavy atom. The van der Waals surface area contributed by atoms with E-state index in [0.29, 0.717) is 11.5 Å². The maximum Gasteiger partial charge on any atom is 0.00817 e. The summed E-state index contributed by atoms with van der Waals surface area (Å²) in [5.41, 5.74) is 0.619. The lowest BCUT2D eigenvalue weighted by Crippen LogP contribution is -2.44. The summed E-state index contributed by atoms with van der Waals surface area (Å²) < 4.78 is 0. The van der Waals surface area contributed by atoms with Gasteiger partial charge in [-0.25, -0.2) is 0 Å². The maximum atomic E-state index is 3.73. The summed E-state index contributed by atoms with van der Waals surface area (Å²) in [6.07, 6.45) is 9.76. The van der Waals surface area contributed by atoms with Crippen molar-refractivity contribution in [1.82, 2.24) is 10.6 Å². The van der Waals surface area contributed by atoms with Gasteiger partial charge >= 0.3 is 0 Å². The van der Waals surface area contributed by atoms with Crippen LogP contribution in [0.4, 0.5) is 0 Å². The molecule has 2 aliphatic rings. The van der Waals surface area contributed by atoms with Gasteiger partial charge in [0.1, 0.15) is 0 Å². The molecule has 0 spiro atoms. The number of rotatable bonds is 5. The Morgan fingerprint density at radius 2 is 2.12 bits per heavy atom. The fourth-order valence-corrected chi connectivity index (χ4v) is 3.01. The molecule has 0 aromatic heterocycles. The molecule has 0 amide bonds. The van der Waals surface area contributed by atoms with Gasteiger partial charge in [-0.2, -0.15) is 0 Å². The average molecular weight is 224 g/mol. The molecule has 2 N–H and O–H groups in total. The Balaban J connectivity index is 1.61. The molecule has 16 heavy (non-hydrogen) atoms. The molecule has 1 saturated carbocycles. The van der Waals surface area contributed by atoms with E-state index in [2.05, 4.69) is 24.5 Å². The molecule has 2 rings (SSSR count). The molecule has 2 unspecified atom stereocenters. The smallest absolute Gasteiger partial charge is 0.00817 e. The van der Waals surface area contributed by atoms with Crippen molar-refractivity contribution in [3.63, 3.8) is 0 Å². The lowest BCUT2D eigenvalue weighted by molar-refractivity contribution is 0.149. The lowest BCUT2D eigenvalue weighted by atomic mass is 9.70. The van der Waals surface area contributed by atoms with Crippen molar-refractivity contribution < 1.29 is 0 Å². The lowest BCUT2D eigenvalue weighted by Gasteiger charge is -2.39. The van der Waals surface area contributed by atoms with Crippen LogP contribution in [0.25, 0.3) is 0 Å². The van der Waals surface area contributed by atoms with Crippen molar-refractivity contribution in [3.05, 3.63) is 0 Å². The van der Waals surface area contributed by atoms with Gasteiger partial charge < -0.3 is 10.6 Å². The summed E-state index contributed by atoms with van der Waals surface area (Å²) in [6, 6.07) is 1.44. The van der Waals surface area contributed by atoms with Crippen molar-refractivity contribution >= 4 is 0 Å². The minimum Gasteiger partial charge on any atom is -0.314 e. The quantitative estimate of drug-likeness (QED) is 0.750. The molecule has 2 heteroatoms. The van der Waals surface area contributed by atoms with Crippen LogP contribution < -0.4 is 10.6 Å². The first kappa shape index (κ1) is 12.4. The fourth-order valence-electron chi connectivity index (χ4n) is 3.01. The molecule has 0 aromatic rings. The van der Waals surface area contributed by atoms with Crippen molar-refractivity contribution in [1.29, 1.82) is 0 Å². The third-order valence-electron chi connectivity index (χ3n) is 4.49. The molecule has 94 valence electrons. The van der Waals surface area contributed by atoms with E-state index in [1.165, 1.54) is 58.0 Å². The predicted octanol–water partition coefficient (Wildman–Crippen LogP) is 2.69. The van der Waals surface area contributed by atoms with Crippen LogP contribution in [0.3, 0.4) is 0 Å². The van der Waals surface area contributed by atoms with E-state index in [9.17, 15) is 0 Å². The van der Waals surface area contributed by atoms with E-state index in [4.69, 9.17) is 0 Å². The number of nitrogens with one attached hydrogen (secondary N) is 2. The third-order valence-corrected chi connectivity index (χ3v) is 4.49. The highest BCUT2D eigenvalue weighted by Crippen LogP contribution is 2.39. The topological polar surface area (TPSA) is 24.1 Å². The molecule has 0 bridgehead atoms. The Bertz CT molecular complexity index is 205. The number of piperidine rings is 1. The summed E-state index contributed by atoms with van der Waals surface area (Å²) in [7, 11) is 0. The van der Waals surface area contributed by atoms with Crippen LogP contribution in [0.1, 0.15) is 58.8 Å². The second-order valence-electron chi connectivity index (χ2n) is 6.33. The van der Waals surface area contributed by atoms with Gasteiger partial charge in [0, 0.05) is 18.6 Å². The van der Waals surface area contributed by atoms with E-state index in [1.54, 1.807) is 0 Å².